The second kappa shape index (κ2) is 47.5. The number of carbonyl (C=O) groups excluding carboxylic acids is 3. The molecular weight excluding hydrogens is 1540 g/mol. The third kappa shape index (κ3) is 30.9. The van der Waals surface area contributed by atoms with E-state index >= 15 is 0 Å². The summed E-state index contributed by atoms with van der Waals surface area (Å²) in [5, 5.41) is 49.5. The molecule has 2 N–H and O–H groups in total. The molecule has 0 spiro atoms. The van der Waals surface area contributed by atoms with Crippen LogP contribution < -0.4 is 5.32 Å². The number of rotatable bonds is 11. The first-order valence-corrected chi connectivity index (χ1v) is 36.4. The van der Waals surface area contributed by atoms with E-state index in [9.17, 15) is 70.1 Å². The van der Waals surface area contributed by atoms with Gasteiger partial charge in [-0.25, -0.2) is 69.4 Å². The van der Waals surface area contributed by atoms with Crippen LogP contribution in [0.2, 0.25) is 0 Å². The van der Waals surface area contributed by atoms with Crippen LogP contribution in [-0.4, -0.2) is 137 Å². The Bertz CT molecular complexity index is 4680. The van der Waals surface area contributed by atoms with Crippen molar-refractivity contribution in [1.29, 1.82) is 21.0 Å². The molecule has 4 aromatic heterocycles. The molecule has 0 saturated carbocycles. The largest absolute Gasteiger partial charge is 0.478 e. The summed E-state index contributed by atoms with van der Waals surface area (Å²) in [7, 11) is 0. The predicted octanol–water partition coefficient (Wildman–Crippen LogP) is 19.5. The zero-order chi connectivity index (χ0) is 81.8. The van der Waals surface area contributed by atoms with Crippen LogP contribution in [0.5, 0.6) is 0 Å². The van der Waals surface area contributed by atoms with Gasteiger partial charge in [0.15, 0.2) is 0 Å². The fraction of sp³-hybridized carbons (Fsp3) is 0.425. The van der Waals surface area contributed by atoms with Crippen molar-refractivity contribution in [3.63, 3.8) is 0 Å². The molecule has 628 valence electrons. The number of ether oxygens (including phenoxy) is 2. The van der Waals surface area contributed by atoms with E-state index in [1.165, 1.54) is 73.4 Å². The lowest BCUT2D eigenvalue weighted by Crippen LogP contribution is -2.45. The average molecular weight is 1650 g/mol. The first-order chi connectivity index (χ1) is 53.2. The smallest absolute Gasteiger partial charge is 0.410 e. The number of nitrogens with one attached hydrogen (secondary N) is 1. The molecule has 21 nitrogen and oxygen atoms in total. The molecule has 117 heavy (non-hydrogen) atoms. The molecular formula is C87H105ClF8N14O7. The molecule has 0 atom stereocenters. The average Bonchev–Trinajstić information content (AvgIpc) is 0.798. The van der Waals surface area contributed by atoms with Gasteiger partial charge < -0.3 is 34.6 Å². The maximum atomic E-state index is 14.1. The second-order valence-electron chi connectivity index (χ2n) is 29.0. The Balaban J connectivity index is 0.000000488. The van der Waals surface area contributed by atoms with Gasteiger partial charge in [0.1, 0.15) is 81.8 Å². The number of nitrogens with zero attached hydrogens (tertiary/aromatic N) is 13. The van der Waals surface area contributed by atoms with E-state index in [0.717, 1.165) is 50.2 Å². The molecule has 0 aliphatic carbocycles. The lowest BCUT2D eigenvalue weighted by molar-refractivity contribution is 0.0145. The highest BCUT2D eigenvalue weighted by molar-refractivity contribution is 6.17. The number of hydrogen-bond acceptors (Lipinski definition) is 17. The normalized spacial score (nSPS) is 14.8. The van der Waals surface area contributed by atoms with Crippen LogP contribution in [0.3, 0.4) is 0 Å². The Hall–Kier alpha value is -11.5. The first-order valence-electron chi connectivity index (χ1n) is 35.8. The Morgan fingerprint density at radius 3 is 1.15 bits per heavy atom. The molecule has 0 radical (unpaired) electrons. The topological polar surface area (TPSA) is 301 Å². The number of amides is 3. The van der Waals surface area contributed by atoms with Crippen LogP contribution in [0.4, 0.5) is 44.7 Å². The molecule has 4 aliphatic rings. The summed E-state index contributed by atoms with van der Waals surface area (Å²) in [4.78, 5) is 76.9. The van der Waals surface area contributed by atoms with E-state index in [2.05, 4.69) is 59.5 Å². The highest BCUT2D eigenvalue weighted by Crippen LogP contribution is 2.39. The summed E-state index contributed by atoms with van der Waals surface area (Å²) in [5.74, 6) is -5.92. The zero-order valence-electron chi connectivity index (χ0n) is 62.7. The van der Waals surface area contributed by atoms with E-state index < -0.39 is 86.0 Å². The van der Waals surface area contributed by atoms with E-state index in [4.69, 9.17) is 31.4 Å². The number of aromatic carboxylic acids is 1. The SMILES string of the molecule is C.C.C.C.C.CC(C)(C)OC(=O)N1CCC(C#N)(Cc2ccc(F)cc2F)CC1.CC(C)(C)OC(=O)N1CCC(C#N)CC1.Fc1ccc(CCl)c(F)c1.N#CC1(Cc2ccc(F)cc2F)CCN(C(=O)c2cccnc2-c2ccncn2)CC1.N#CC1(Cc2ccc(F)cc2F)CCNCC1.O=C(O)c1cccnc1-c1ccncn1. The summed E-state index contributed by atoms with van der Waals surface area (Å²) >= 11 is 5.32. The molecule has 12 rings (SSSR count). The number of piperidine rings is 4. The molecule has 4 aliphatic heterocycles. The molecule has 4 aromatic carbocycles. The Morgan fingerprint density at radius 1 is 0.479 bits per heavy atom. The standard InChI is InChI=1S/C23H19F2N5O.C18H22F2N2O2.C13H14F2N2.C11H18N2O2.C10H7N3O2.C7H5ClF2.5CH4/c24-17-4-3-16(19(25)12-17)13-23(14-26)6-10-30(11-7-23)22(31)18-2-1-8-28-21(18)20-5-9-27-15-29-20;1-17(2,3)24-16(23)22-8-6-18(12-21,7-9-22)11-13-4-5-14(19)10-15(13)20;14-11-2-1-10(12(15)7-11)8-13(9-16)3-5-17-6-4-13;1-11(2,3)15-10(14)13-6-4-9(8-12)5-7-13;14-10(15)7-2-1-4-12-9(7)8-3-5-11-6-13-8;8-4-5-1-2-6(9)3-7(5)10;;;;;/h1-5,8-9,12,15H,6-7,10-11,13H2;4-5,10H,6-9,11H2,1-3H3;1-2,7,17H,3-6,8H2;9H,4-7H2,1-3H3;1-6H,(H,14,15);1-3H,4H2;5*1H4. The van der Waals surface area contributed by atoms with Crippen LogP contribution in [0.25, 0.3) is 22.8 Å². The number of halogens is 9. The Kier molecular flexibility index (Phi) is 41.2. The molecule has 0 unspecified atom stereocenters. The highest BCUT2D eigenvalue weighted by atomic mass is 35.5. The van der Waals surface area contributed by atoms with E-state index in [1.54, 1.807) is 84.4 Å². The highest BCUT2D eigenvalue weighted by Gasteiger charge is 2.40. The number of carboxylic acids is 1. The van der Waals surface area contributed by atoms with Gasteiger partial charge in [-0.05, 0) is 203 Å². The van der Waals surface area contributed by atoms with Gasteiger partial charge in [-0.15, -0.1) is 11.6 Å². The van der Waals surface area contributed by atoms with E-state index in [0.29, 0.717) is 135 Å². The van der Waals surface area contributed by atoms with Crippen molar-refractivity contribution in [3.8, 4) is 47.1 Å². The zero-order valence-corrected chi connectivity index (χ0v) is 63.4. The number of hydrogen-bond donors (Lipinski definition) is 2. The van der Waals surface area contributed by atoms with Gasteiger partial charge in [-0.1, -0.05) is 61.4 Å². The van der Waals surface area contributed by atoms with Crippen molar-refractivity contribution in [2.45, 2.75) is 166 Å². The lowest BCUT2D eigenvalue weighted by Gasteiger charge is -2.38. The quantitative estimate of drug-likeness (QED) is 0.0898. The molecule has 0 bridgehead atoms. The van der Waals surface area contributed by atoms with Crippen LogP contribution in [0.15, 0.2) is 147 Å². The predicted molar refractivity (Wildman–Crippen MR) is 432 cm³/mol. The van der Waals surface area contributed by atoms with Gasteiger partial charge in [0.25, 0.3) is 5.91 Å². The van der Waals surface area contributed by atoms with Gasteiger partial charge in [-0.3, -0.25) is 14.8 Å². The van der Waals surface area contributed by atoms with Gasteiger partial charge in [-0.2, -0.15) is 21.0 Å². The minimum atomic E-state index is -1.02. The first kappa shape index (κ1) is 102. The summed E-state index contributed by atoms with van der Waals surface area (Å²) in [5.41, 5.74) is 0.737. The van der Waals surface area contributed by atoms with Gasteiger partial charge in [0, 0.05) is 99.8 Å². The fourth-order valence-electron chi connectivity index (χ4n) is 12.3. The van der Waals surface area contributed by atoms with Crippen molar-refractivity contribution in [3.05, 3.63) is 227 Å². The minimum Gasteiger partial charge on any atom is -0.478 e. The molecule has 3 amide bonds. The molecule has 8 heterocycles. The molecule has 8 aromatic rings. The second-order valence-corrected chi connectivity index (χ2v) is 29.2. The van der Waals surface area contributed by atoms with Gasteiger partial charge in [0.2, 0.25) is 0 Å². The van der Waals surface area contributed by atoms with Crippen molar-refractivity contribution in [1.82, 2.24) is 49.9 Å². The van der Waals surface area contributed by atoms with Crippen LogP contribution in [0, 0.1) is 114 Å². The number of carboxylic acid groups (broad SMARTS) is 1. The summed E-state index contributed by atoms with van der Waals surface area (Å²) in [6.45, 7) is 15.2. The van der Waals surface area contributed by atoms with Crippen molar-refractivity contribution in [2.24, 2.45) is 22.2 Å². The summed E-state index contributed by atoms with van der Waals surface area (Å²) in [6, 6.07) is 32.6. The monoisotopic (exact) mass is 1640 g/mol. The third-order valence-corrected chi connectivity index (χ3v) is 18.8. The molecule has 30 heteroatoms. The third-order valence-electron chi connectivity index (χ3n) is 18.5. The summed E-state index contributed by atoms with van der Waals surface area (Å²) < 4.78 is 116. The van der Waals surface area contributed by atoms with E-state index in [-0.39, 0.29) is 79.3 Å². The maximum absolute atomic E-state index is 14.1. The van der Waals surface area contributed by atoms with Crippen LogP contribution in [-0.2, 0) is 34.6 Å². The van der Waals surface area contributed by atoms with Crippen LogP contribution >= 0.6 is 11.6 Å². The van der Waals surface area contributed by atoms with Crippen LogP contribution in [0.1, 0.15) is 173 Å². The maximum Gasteiger partial charge on any atom is 0.410 e. The number of carbonyl (C=O) groups is 4. The lowest BCUT2D eigenvalue weighted by atomic mass is 9.75. The number of alkyl halides is 1. The number of nitriles is 4. The number of pyridine rings is 2. The van der Waals surface area contributed by atoms with E-state index in [1.807, 2.05) is 20.8 Å². The van der Waals surface area contributed by atoms with Crippen molar-refractivity contribution >= 4 is 35.7 Å². The molecule has 4 saturated heterocycles. The Morgan fingerprint density at radius 2 is 0.821 bits per heavy atom. The minimum absolute atomic E-state index is 0. The van der Waals surface area contributed by atoms with Crippen molar-refractivity contribution < 1.29 is 68.9 Å². The van der Waals surface area contributed by atoms with Gasteiger partial charge >= 0.3 is 18.2 Å². The number of likely N-dealkylation sites (tertiary alicyclic amines) is 3. The Labute approximate surface area is 686 Å². The number of benzene rings is 4. The number of aromatic nitrogens is 6. The molecule has 4 fully saturated rings. The van der Waals surface area contributed by atoms with Crippen molar-refractivity contribution in [2.75, 3.05) is 52.4 Å². The van der Waals surface area contributed by atoms with Gasteiger partial charge in [0.05, 0.1) is 68.9 Å². The fourth-order valence-corrected chi connectivity index (χ4v) is 12.5. The summed E-state index contributed by atoms with van der Waals surface area (Å²) in [6.07, 6.45) is 13.7.